The average Bonchev–Trinajstić information content (AvgIpc) is 2.54. The van der Waals surface area contributed by atoms with E-state index in [9.17, 15) is 18.8 Å². The number of hydrogen-bond acceptors (Lipinski definition) is 5. The van der Waals surface area contributed by atoms with E-state index in [4.69, 9.17) is 4.74 Å². The third-order valence-electron chi connectivity index (χ3n) is 2.71. The standard InChI is InChI=1S/C16H18FNO5/c1-22-15(20)6-3-9-18-14(19)11-23-16(21)8-7-12-4-2-5-13(17)10-12/h2,4-5,7-8,10H,3,6,9,11H2,1H3,(H,18,19)/b8-7+. The molecule has 0 heterocycles. The molecule has 0 spiro atoms. The van der Waals surface area contributed by atoms with Crippen molar-refractivity contribution in [2.45, 2.75) is 12.8 Å². The number of halogens is 1. The molecule has 0 atom stereocenters. The molecule has 7 heteroatoms. The van der Waals surface area contributed by atoms with Gasteiger partial charge in [0.05, 0.1) is 7.11 Å². The molecule has 0 unspecified atom stereocenters. The minimum absolute atomic E-state index is 0.201. The molecule has 1 aromatic rings. The Morgan fingerprint density at radius 3 is 2.78 bits per heavy atom. The van der Waals surface area contributed by atoms with Gasteiger partial charge in [-0.2, -0.15) is 0 Å². The maximum atomic E-state index is 12.9. The Balaban J connectivity index is 2.22. The zero-order chi connectivity index (χ0) is 17.1. The van der Waals surface area contributed by atoms with Crippen LogP contribution in [0.2, 0.25) is 0 Å². The quantitative estimate of drug-likeness (QED) is 0.445. The van der Waals surface area contributed by atoms with Gasteiger partial charge < -0.3 is 14.8 Å². The van der Waals surface area contributed by atoms with Crippen LogP contribution >= 0.6 is 0 Å². The lowest BCUT2D eigenvalue weighted by atomic mass is 10.2. The fourth-order valence-corrected chi connectivity index (χ4v) is 1.57. The number of carbonyl (C=O) groups excluding carboxylic acids is 3. The van der Waals surface area contributed by atoms with Crippen molar-refractivity contribution in [3.63, 3.8) is 0 Å². The highest BCUT2D eigenvalue weighted by Crippen LogP contribution is 2.05. The van der Waals surface area contributed by atoms with Crippen LogP contribution < -0.4 is 5.32 Å². The number of rotatable bonds is 8. The summed E-state index contributed by atoms with van der Waals surface area (Å²) in [5.41, 5.74) is 0.509. The third-order valence-corrected chi connectivity index (χ3v) is 2.71. The SMILES string of the molecule is COC(=O)CCCNC(=O)COC(=O)/C=C/c1cccc(F)c1. The second-order valence-corrected chi connectivity index (χ2v) is 4.53. The summed E-state index contributed by atoms with van der Waals surface area (Å²) >= 11 is 0. The molecule has 1 N–H and O–H groups in total. The summed E-state index contributed by atoms with van der Waals surface area (Å²) in [7, 11) is 1.29. The maximum absolute atomic E-state index is 12.9. The van der Waals surface area contributed by atoms with Crippen LogP contribution in [0.15, 0.2) is 30.3 Å². The molecule has 1 rings (SSSR count). The Labute approximate surface area is 133 Å². The highest BCUT2D eigenvalue weighted by Gasteiger charge is 2.05. The van der Waals surface area contributed by atoms with Crippen molar-refractivity contribution in [3.8, 4) is 0 Å². The molecule has 0 radical (unpaired) electrons. The van der Waals surface area contributed by atoms with Crippen LogP contribution in [0.5, 0.6) is 0 Å². The lowest BCUT2D eigenvalue weighted by Gasteiger charge is -2.04. The first kappa shape index (κ1) is 18.3. The maximum Gasteiger partial charge on any atom is 0.331 e. The highest BCUT2D eigenvalue weighted by molar-refractivity contribution is 5.89. The van der Waals surface area contributed by atoms with Crippen molar-refractivity contribution in [3.05, 3.63) is 41.7 Å². The molecule has 0 saturated carbocycles. The van der Waals surface area contributed by atoms with Crippen molar-refractivity contribution in [2.24, 2.45) is 0 Å². The van der Waals surface area contributed by atoms with Crippen molar-refractivity contribution in [1.82, 2.24) is 5.32 Å². The average molecular weight is 323 g/mol. The molecule has 124 valence electrons. The van der Waals surface area contributed by atoms with Gasteiger partial charge in [-0.25, -0.2) is 9.18 Å². The van der Waals surface area contributed by atoms with E-state index in [0.29, 0.717) is 12.0 Å². The van der Waals surface area contributed by atoms with E-state index < -0.39 is 24.3 Å². The van der Waals surface area contributed by atoms with Crippen LogP contribution in [-0.2, 0) is 23.9 Å². The van der Waals surface area contributed by atoms with Crippen molar-refractivity contribution >= 4 is 23.9 Å². The number of hydrogen-bond donors (Lipinski definition) is 1. The van der Waals surface area contributed by atoms with Gasteiger partial charge in [0, 0.05) is 19.0 Å². The van der Waals surface area contributed by atoms with Gasteiger partial charge in [-0.05, 0) is 30.2 Å². The molecule has 0 aliphatic carbocycles. The molecule has 0 aliphatic rings. The summed E-state index contributed by atoms with van der Waals surface area (Å²) in [6.07, 6.45) is 3.14. The molecule has 0 fully saturated rings. The number of esters is 2. The summed E-state index contributed by atoms with van der Waals surface area (Å²) in [5, 5.41) is 2.50. The summed E-state index contributed by atoms with van der Waals surface area (Å²) in [4.78, 5) is 33.7. The Kier molecular flexibility index (Phi) is 8.06. The van der Waals surface area contributed by atoms with E-state index in [-0.39, 0.29) is 18.9 Å². The van der Waals surface area contributed by atoms with Gasteiger partial charge in [0.15, 0.2) is 6.61 Å². The monoisotopic (exact) mass is 323 g/mol. The van der Waals surface area contributed by atoms with E-state index >= 15 is 0 Å². The first-order valence-electron chi connectivity index (χ1n) is 6.95. The molecule has 23 heavy (non-hydrogen) atoms. The molecular weight excluding hydrogens is 305 g/mol. The molecule has 1 amide bonds. The lowest BCUT2D eigenvalue weighted by Crippen LogP contribution is -2.29. The van der Waals surface area contributed by atoms with E-state index in [1.54, 1.807) is 6.07 Å². The largest absolute Gasteiger partial charge is 0.469 e. The third kappa shape index (κ3) is 8.35. The Bertz CT molecular complexity index is 586. The molecule has 0 saturated heterocycles. The summed E-state index contributed by atoms with van der Waals surface area (Å²) < 4.78 is 22.1. The molecule has 0 aromatic heterocycles. The van der Waals surface area contributed by atoms with Gasteiger partial charge in [0.1, 0.15) is 5.82 Å². The molecule has 0 aliphatic heterocycles. The van der Waals surface area contributed by atoms with E-state index in [1.807, 2.05) is 0 Å². The Morgan fingerprint density at radius 2 is 2.09 bits per heavy atom. The number of carbonyl (C=O) groups is 3. The van der Waals surface area contributed by atoms with Crippen LogP contribution in [0.1, 0.15) is 18.4 Å². The van der Waals surface area contributed by atoms with Crippen LogP contribution in [0.4, 0.5) is 4.39 Å². The van der Waals surface area contributed by atoms with Crippen molar-refractivity contribution < 1.29 is 28.2 Å². The van der Waals surface area contributed by atoms with Crippen LogP contribution in [0, 0.1) is 5.82 Å². The van der Waals surface area contributed by atoms with E-state index in [1.165, 1.54) is 31.4 Å². The first-order chi connectivity index (χ1) is 11.0. The highest BCUT2D eigenvalue weighted by atomic mass is 19.1. The normalized spacial score (nSPS) is 10.3. The molecular formula is C16H18FNO5. The smallest absolute Gasteiger partial charge is 0.331 e. The van der Waals surface area contributed by atoms with Gasteiger partial charge >= 0.3 is 11.9 Å². The number of amides is 1. The number of benzene rings is 1. The van der Waals surface area contributed by atoms with Gasteiger partial charge in [-0.15, -0.1) is 0 Å². The summed E-state index contributed by atoms with van der Waals surface area (Å²) in [6, 6.07) is 5.70. The predicted octanol–water partition coefficient (Wildman–Crippen LogP) is 1.45. The Hall–Kier alpha value is -2.70. The second-order valence-electron chi connectivity index (χ2n) is 4.53. The minimum Gasteiger partial charge on any atom is -0.469 e. The summed E-state index contributed by atoms with van der Waals surface area (Å²) in [5.74, 6) is -1.94. The first-order valence-corrected chi connectivity index (χ1v) is 6.95. The van der Waals surface area contributed by atoms with Gasteiger partial charge in [-0.3, -0.25) is 9.59 Å². The summed E-state index contributed by atoms with van der Waals surface area (Å²) in [6.45, 7) is -0.144. The minimum atomic E-state index is -0.709. The number of nitrogens with one attached hydrogen (secondary N) is 1. The van der Waals surface area contributed by atoms with Gasteiger partial charge in [0.2, 0.25) is 0 Å². The van der Waals surface area contributed by atoms with Crippen molar-refractivity contribution in [2.75, 3.05) is 20.3 Å². The topological polar surface area (TPSA) is 81.7 Å². The lowest BCUT2D eigenvalue weighted by molar-refractivity contribution is -0.143. The second kappa shape index (κ2) is 10.1. The Morgan fingerprint density at radius 1 is 1.30 bits per heavy atom. The van der Waals surface area contributed by atoms with Gasteiger partial charge in [-0.1, -0.05) is 12.1 Å². The zero-order valence-corrected chi connectivity index (χ0v) is 12.7. The number of ether oxygens (including phenoxy) is 2. The van der Waals surface area contributed by atoms with E-state index in [0.717, 1.165) is 6.08 Å². The van der Waals surface area contributed by atoms with Crippen molar-refractivity contribution in [1.29, 1.82) is 0 Å². The van der Waals surface area contributed by atoms with E-state index in [2.05, 4.69) is 10.1 Å². The molecule has 1 aromatic carbocycles. The molecule has 0 bridgehead atoms. The number of methoxy groups -OCH3 is 1. The zero-order valence-electron chi connectivity index (χ0n) is 12.7. The van der Waals surface area contributed by atoms with Crippen LogP contribution in [0.3, 0.4) is 0 Å². The fraction of sp³-hybridized carbons (Fsp3) is 0.312. The molecule has 6 nitrogen and oxygen atoms in total. The predicted molar refractivity (Wildman–Crippen MR) is 80.7 cm³/mol. The van der Waals surface area contributed by atoms with Crippen LogP contribution in [-0.4, -0.2) is 38.1 Å². The van der Waals surface area contributed by atoms with Crippen LogP contribution in [0.25, 0.3) is 6.08 Å². The van der Waals surface area contributed by atoms with Gasteiger partial charge in [0.25, 0.3) is 5.91 Å². The fourth-order valence-electron chi connectivity index (χ4n) is 1.57.